The molecule has 0 saturated heterocycles. The van der Waals surface area contributed by atoms with Gasteiger partial charge in [-0.05, 0) is 24.6 Å². The SMILES string of the molecule is COc1cccc(-c2sc(NN)nc2C)c1. The third-order valence-electron chi connectivity index (χ3n) is 2.25. The van der Waals surface area contributed by atoms with Gasteiger partial charge in [0.2, 0.25) is 0 Å². The average Bonchev–Trinajstić information content (AvgIpc) is 2.71. The molecule has 0 aliphatic rings. The number of rotatable bonds is 3. The van der Waals surface area contributed by atoms with Gasteiger partial charge in [0.15, 0.2) is 5.13 Å². The van der Waals surface area contributed by atoms with E-state index in [-0.39, 0.29) is 0 Å². The van der Waals surface area contributed by atoms with Crippen molar-refractivity contribution in [2.24, 2.45) is 5.84 Å². The van der Waals surface area contributed by atoms with Crippen LogP contribution in [-0.4, -0.2) is 12.1 Å². The van der Waals surface area contributed by atoms with Crippen molar-refractivity contribution in [1.29, 1.82) is 0 Å². The van der Waals surface area contributed by atoms with Crippen LogP contribution < -0.4 is 16.0 Å². The molecule has 0 saturated carbocycles. The zero-order chi connectivity index (χ0) is 11.5. The Kier molecular flexibility index (Phi) is 3.07. The van der Waals surface area contributed by atoms with Crippen LogP contribution in [0.4, 0.5) is 5.13 Å². The van der Waals surface area contributed by atoms with Gasteiger partial charge in [0.05, 0.1) is 17.7 Å². The summed E-state index contributed by atoms with van der Waals surface area (Å²) >= 11 is 1.53. The first kappa shape index (κ1) is 10.9. The van der Waals surface area contributed by atoms with E-state index in [9.17, 15) is 0 Å². The highest BCUT2D eigenvalue weighted by Gasteiger charge is 2.09. The second-order valence-corrected chi connectivity index (χ2v) is 4.31. The topological polar surface area (TPSA) is 60.2 Å². The van der Waals surface area contributed by atoms with Gasteiger partial charge >= 0.3 is 0 Å². The number of anilines is 1. The van der Waals surface area contributed by atoms with Crippen molar-refractivity contribution in [2.75, 3.05) is 12.5 Å². The van der Waals surface area contributed by atoms with Crippen molar-refractivity contribution in [3.8, 4) is 16.2 Å². The number of methoxy groups -OCH3 is 1. The fourth-order valence-corrected chi connectivity index (χ4v) is 2.36. The number of hydrazine groups is 1. The third-order valence-corrected chi connectivity index (χ3v) is 3.39. The average molecular weight is 235 g/mol. The molecule has 1 aromatic carbocycles. The lowest BCUT2D eigenvalue weighted by Gasteiger charge is -2.02. The zero-order valence-electron chi connectivity index (χ0n) is 9.15. The predicted octanol–water partition coefficient (Wildman–Crippen LogP) is 2.41. The van der Waals surface area contributed by atoms with E-state index in [0.717, 1.165) is 27.0 Å². The summed E-state index contributed by atoms with van der Waals surface area (Å²) in [7, 11) is 1.66. The van der Waals surface area contributed by atoms with Crippen LogP contribution in [0, 0.1) is 6.92 Å². The van der Waals surface area contributed by atoms with Gasteiger partial charge in [-0.2, -0.15) is 0 Å². The maximum absolute atomic E-state index is 5.34. The molecule has 0 amide bonds. The van der Waals surface area contributed by atoms with E-state index in [2.05, 4.69) is 10.4 Å². The first-order chi connectivity index (χ1) is 7.74. The summed E-state index contributed by atoms with van der Waals surface area (Å²) in [4.78, 5) is 5.41. The number of nitrogens with two attached hydrogens (primary N) is 1. The molecular weight excluding hydrogens is 222 g/mol. The maximum atomic E-state index is 5.34. The Bertz CT molecular complexity index is 496. The van der Waals surface area contributed by atoms with Crippen LogP contribution in [0.25, 0.3) is 10.4 Å². The molecule has 16 heavy (non-hydrogen) atoms. The van der Waals surface area contributed by atoms with Crippen molar-refractivity contribution in [3.05, 3.63) is 30.0 Å². The number of nitrogens with zero attached hydrogens (tertiary/aromatic N) is 1. The van der Waals surface area contributed by atoms with E-state index in [1.165, 1.54) is 11.3 Å². The van der Waals surface area contributed by atoms with Crippen LogP contribution in [-0.2, 0) is 0 Å². The highest BCUT2D eigenvalue weighted by atomic mass is 32.1. The molecule has 84 valence electrons. The molecule has 0 radical (unpaired) electrons. The van der Waals surface area contributed by atoms with E-state index < -0.39 is 0 Å². The normalized spacial score (nSPS) is 10.2. The number of hydrogen-bond donors (Lipinski definition) is 2. The summed E-state index contributed by atoms with van der Waals surface area (Å²) < 4.78 is 5.19. The Balaban J connectivity index is 2.45. The quantitative estimate of drug-likeness (QED) is 0.633. The van der Waals surface area contributed by atoms with E-state index in [4.69, 9.17) is 10.6 Å². The van der Waals surface area contributed by atoms with Gasteiger partial charge in [0.1, 0.15) is 5.75 Å². The summed E-state index contributed by atoms with van der Waals surface area (Å²) in [5.41, 5.74) is 4.62. The van der Waals surface area contributed by atoms with Gasteiger partial charge in [-0.3, -0.25) is 5.43 Å². The molecule has 4 nitrogen and oxygen atoms in total. The number of benzene rings is 1. The van der Waals surface area contributed by atoms with Crippen LogP contribution in [0.1, 0.15) is 5.69 Å². The van der Waals surface area contributed by atoms with Crippen molar-refractivity contribution >= 4 is 16.5 Å². The van der Waals surface area contributed by atoms with Gasteiger partial charge in [-0.15, -0.1) is 0 Å². The lowest BCUT2D eigenvalue weighted by atomic mass is 10.1. The molecule has 1 heterocycles. The van der Waals surface area contributed by atoms with Gasteiger partial charge in [0.25, 0.3) is 0 Å². The lowest BCUT2D eigenvalue weighted by molar-refractivity contribution is 0.415. The van der Waals surface area contributed by atoms with Crippen molar-refractivity contribution in [3.63, 3.8) is 0 Å². The first-order valence-corrected chi connectivity index (χ1v) is 5.64. The predicted molar refractivity (Wildman–Crippen MR) is 66.6 cm³/mol. The number of aryl methyl sites for hydroxylation is 1. The minimum absolute atomic E-state index is 0.718. The van der Waals surface area contributed by atoms with Gasteiger partial charge in [0, 0.05) is 0 Å². The number of nitrogens with one attached hydrogen (secondary N) is 1. The number of aromatic nitrogens is 1. The molecular formula is C11H13N3OS. The van der Waals surface area contributed by atoms with Crippen LogP contribution in [0.5, 0.6) is 5.75 Å². The highest BCUT2D eigenvalue weighted by molar-refractivity contribution is 7.19. The monoisotopic (exact) mass is 235 g/mol. The molecule has 5 heteroatoms. The minimum atomic E-state index is 0.718. The minimum Gasteiger partial charge on any atom is -0.497 e. The van der Waals surface area contributed by atoms with E-state index in [1.54, 1.807) is 7.11 Å². The molecule has 2 rings (SSSR count). The number of thiazole rings is 1. The molecule has 0 atom stereocenters. The van der Waals surface area contributed by atoms with Gasteiger partial charge in [-0.25, -0.2) is 10.8 Å². The summed E-state index contributed by atoms with van der Waals surface area (Å²) in [6.45, 7) is 1.96. The summed E-state index contributed by atoms with van der Waals surface area (Å²) in [5.74, 6) is 6.18. The second kappa shape index (κ2) is 4.51. The molecule has 0 unspecified atom stereocenters. The van der Waals surface area contributed by atoms with Crippen molar-refractivity contribution in [1.82, 2.24) is 4.98 Å². The first-order valence-electron chi connectivity index (χ1n) is 4.83. The number of ether oxygens (including phenoxy) is 1. The van der Waals surface area contributed by atoms with Gasteiger partial charge in [-0.1, -0.05) is 23.5 Å². The summed E-state index contributed by atoms with van der Waals surface area (Å²) in [6, 6.07) is 7.90. The van der Waals surface area contributed by atoms with E-state index in [0.29, 0.717) is 0 Å². The standard InChI is InChI=1S/C11H13N3OS/c1-7-10(16-11(13-7)14-12)8-4-3-5-9(6-8)15-2/h3-6H,12H2,1-2H3,(H,13,14). The molecule has 3 N–H and O–H groups in total. The van der Waals surface area contributed by atoms with E-state index in [1.807, 2.05) is 31.2 Å². The smallest absolute Gasteiger partial charge is 0.197 e. The Morgan fingerprint density at radius 2 is 2.25 bits per heavy atom. The molecule has 0 spiro atoms. The fraction of sp³-hybridized carbons (Fsp3) is 0.182. The Morgan fingerprint density at radius 3 is 2.88 bits per heavy atom. The number of hydrogen-bond acceptors (Lipinski definition) is 5. The van der Waals surface area contributed by atoms with Crippen molar-refractivity contribution in [2.45, 2.75) is 6.92 Å². The van der Waals surface area contributed by atoms with Crippen LogP contribution in [0.3, 0.4) is 0 Å². The molecule has 1 aromatic heterocycles. The zero-order valence-corrected chi connectivity index (χ0v) is 9.97. The van der Waals surface area contributed by atoms with Crippen LogP contribution in [0.15, 0.2) is 24.3 Å². The van der Waals surface area contributed by atoms with Crippen LogP contribution >= 0.6 is 11.3 Å². The fourth-order valence-electron chi connectivity index (χ4n) is 1.49. The van der Waals surface area contributed by atoms with Crippen molar-refractivity contribution < 1.29 is 4.74 Å². The molecule has 0 fully saturated rings. The largest absolute Gasteiger partial charge is 0.497 e. The second-order valence-electron chi connectivity index (χ2n) is 3.31. The molecule has 0 bridgehead atoms. The van der Waals surface area contributed by atoms with Gasteiger partial charge < -0.3 is 4.74 Å². The lowest BCUT2D eigenvalue weighted by Crippen LogP contribution is -2.05. The summed E-state index contributed by atoms with van der Waals surface area (Å²) in [5, 5.41) is 0.718. The maximum Gasteiger partial charge on any atom is 0.197 e. The molecule has 0 aliphatic heterocycles. The third kappa shape index (κ3) is 2.00. The Hall–Kier alpha value is -1.59. The Morgan fingerprint density at radius 1 is 1.44 bits per heavy atom. The highest BCUT2D eigenvalue weighted by Crippen LogP contribution is 2.33. The summed E-state index contributed by atoms with van der Waals surface area (Å²) in [6.07, 6.45) is 0. The Labute approximate surface area is 98.1 Å². The number of nitrogen functional groups attached to an aromatic ring is 1. The molecule has 0 aliphatic carbocycles. The molecule has 2 aromatic rings. The van der Waals surface area contributed by atoms with E-state index >= 15 is 0 Å². The van der Waals surface area contributed by atoms with Crippen LogP contribution in [0.2, 0.25) is 0 Å².